The summed E-state index contributed by atoms with van der Waals surface area (Å²) in [5, 5.41) is 13.9. The molecule has 4 rings (SSSR count). The van der Waals surface area contributed by atoms with E-state index in [2.05, 4.69) is 15.3 Å². The minimum atomic E-state index is 0.131. The maximum absolute atomic E-state index is 12.6. The quantitative estimate of drug-likeness (QED) is 0.719. The molecule has 6 nitrogen and oxygen atoms in total. The standard InChI is InChI=1S/C17H19N5OS/c1-11-4-3-5-14(10-11)16(23)21-8-6-13(7-9-21)15-20-22-12(2)18-19-17(22)24-15/h3-5,10,13H,6-9H2,1-2H3. The van der Waals surface area contributed by atoms with Gasteiger partial charge in [-0.05, 0) is 38.8 Å². The van der Waals surface area contributed by atoms with Crippen molar-refractivity contribution in [3.63, 3.8) is 0 Å². The number of hydrogen-bond donors (Lipinski definition) is 0. The minimum absolute atomic E-state index is 0.131. The summed E-state index contributed by atoms with van der Waals surface area (Å²) in [7, 11) is 0. The van der Waals surface area contributed by atoms with Gasteiger partial charge in [-0.2, -0.15) is 9.61 Å². The molecule has 1 aliphatic heterocycles. The summed E-state index contributed by atoms with van der Waals surface area (Å²) in [5.74, 6) is 1.35. The summed E-state index contributed by atoms with van der Waals surface area (Å²) < 4.78 is 1.81. The predicted octanol–water partition coefficient (Wildman–Crippen LogP) is 2.82. The first-order valence-electron chi connectivity index (χ1n) is 8.16. The van der Waals surface area contributed by atoms with Crippen LogP contribution < -0.4 is 0 Å². The Morgan fingerprint density at radius 1 is 1.21 bits per heavy atom. The Kier molecular flexibility index (Phi) is 3.80. The van der Waals surface area contributed by atoms with Crippen LogP contribution >= 0.6 is 11.3 Å². The van der Waals surface area contributed by atoms with Crippen molar-refractivity contribution in [3.05, 3.63) is 46.2 Å². The van der Waals surface area contributed by atoms with E-state index < -0.39 is 0 Å². The normalized spacial score (nSPS) is 16.0. The average Bonchev–Trinajstić information content (AvgIpc) is 3.17. The summed E-state index contributed by atoms with van der Waals surface area (Å²) in [6.07, 6.45) is 1.89. The molecule has 24 heavy (non-hydrogen) atoms. The number of aromatic nitrogens is 4. The molecule has 1 fully saturated rings. The first-order chi connectivity index (χ1) is 11.6. The fraction of sp³-hybridized carbons (Fsp3) is 0.412. The zero-order chi connectivity index (χ0) is 16.7. The van der Waals surface area contributed by atoms with Crippen LogP contribution in [0.4, 0.5) is 0 Å². The van der Waals surface area contributed by atoms with Gasteiger partial charge >= 0.3 is 0 Å². The highest BCUT2D eigenvalue weighted by molar-refractivity contribution is 7.16. The van der Waals surface area contributed by atoms with Crippen molar-refractivity contribution in [1.82, 2.24) is 24.7 Å². The summed E-state index contributed by atoms with van der Waals surface area (Å²) in [5.41, 5.74) is 1.90. The molecule has 124 valence electrons. The minimum Gasteiger partial charge on any atom is -0.339 e. The predicted molar refractivity (Wildman–Crippen MR) is 92.5 cm³/mol. The lowest BCUT2D eigenvalue weighted by molar-refractivity contribution is 0.0712. The van der Waals surface area contributed by atoms with E-state index in [4.69, 9.17) is 0 Å². The fourth-order valence-corrected chi connectivity index (χ4v) is 4.24. The number of benzene rings is 1. The molecule has 0 radical (unpaired) electrons. The topological polar surface area (TPSA) is 63.4 Å². The van der Waals surface area contributed by atoms with E-state index >= 15 is 0 Å². The lowest BCUT2D eigenvalue weighted by Gasteiger charge is -2.31. The second-order valence-corrected chi connectivity index (χ2v) is 7.31. The van der Waals surface area contributed by atoms with E-state index in [1.54, 1.807) is 11.3 Å². The number of amides is 1. The van der Waals surface area contributed by atoms with Gasteiger partial charge in [-0.3, -0.25) is 4.79 Å². The van der Waals surface area contributed by atoms with Crippen LogP contribution in [0.3, 0.4) is 0 Å². The van der Waals surface area contributed by atoms with Crippen LogP contribution in [-0.4, -0.2) is 43.7 Å². The molecule has 1 amide bonds. The Labute approximate surface area is 144 Å². The number of fused-ring (bicyclic) bond motifs is 1. The van der Waals surface area contributed by atoms with Crippen molar-refractivity contribution in [2.75, 3.05) is 13.1 Å². The van der Waals surface area contributed by atoms with Gasteiger partial charge in [-0.25, -0.2) is 0 Å². The van der Waals surface area contributed by atoms with Crippen molar-refractivity contribution >= 4 is 22.2 Å². The molecule has 0 N–H and O–H groups in total. The zero-order valence-electron chi connectivity index (χ0n) is 13.8. The molecular formula is C17H19N5OS. The Hall–Kier alpha value is -2.28. The fourth-order valence-electron chi connectivity index (χ4n) is 3.18. The number of likely N-dealkylation sites (tertiary alicyclic amines) is 1. The zero-order valence-corrected chi connectivity index (χ0v) is 14.6. The lowest BCUT2D eigenvalue weighted by atomic mass is 9.97. The second kappa shape index (κ2) is 5.98. The van der Waals surface area contributed by atoms with Crippen molar-refractivity contribution < 1.29 is 4.79 Å². The molecule has 1 aromatic carbocycles. The molecule has 0 bridgehead atoms. The highest BCUT2D eigenvalue weighted by atomic mass is 32.1. The monoisotopic (exact) mass is 341 g/mol. The maximum Gasteiger partial charge on any atom is 0.253 e. The van der Waals surface area contributed by atoms with Gasteiger partial charge in [0, 0.05) is 24.6 Å². The van der Waals surface area contributed by atoms with Crippen LogP contribution in [0.5, 0.6) is 0 Å². The van der Waals surface area contributed by atoms with Gasteiger partial charge in [-0.1, -0.05) is 29.0 Å². The first kappa shape index (κ1) is 15.3. The van der Waals surface area contributed by atoms with E-state index in [-0.39, 0.29) is 5.91 Å². The van der Waals surface area contributed by atoms with Crippen molar-refractivity contribution in [1.29, 1.82) is 0 Å². The molecule has 0 saturated carbocycles. The third kappa shape index (κ3) is 2.69. The average molecular weight is 341 g/mol. The van der Waals surface area contributed by atoms with Crippen LogP contribution in [0.2, 0.25) is 0 Å². The lowest BCUT2D eigenvalue weighted by Crippen LogP contribution is -2.37. The highest BCUT2D eigenvalue weighted by Crippen LogP contribution is 2.31. The molecule has 7 heteroatoms. The van der Waals surface area contributed by atoms with Gasteiger partial charge < -0.3 is 4.90 Å². The largest absolute Gasteiger partial charge is 0.339 e. The molecule has 1 aliphatic rings. The third-order valence-corrected chi connectivity index (χ3v) is 5.62. The van der Waals surface area contributed by atoms with Crippen LogP contribution in [0.1, 0.15) is 45.5 Å². The maximum atomic E-state index is 12.6. The Balaban J connectivity index is 1.45. The number of carbonyl (C=O) groups is 1. The van der Waals surface area contributed by atoms with Crippen LogP contribution in [0, 0.1) is 13.8 Å². The summed E-state index contributed by atoms with van der Waals surface area (Å²) in [4.78, 5) is 15.4. The molecule has 3 heterocycles. The smallest absolute Gasteiger partial charge is 0.253 e. The summed E-state index contributed by atoms with van der Waals surface area (Å²) >= 11 is 1.61. The van der Waals surface area contributed by atoms with E-state index in [1.165, 1.54) is 0 Å². The number of carbonyl (C=O) groups excluding carboxylic acids is 1. The molecule has 3 aromatic rings. The Morgan fingerprint density at radius 3 is 2.71 bits per heavy atom. The Bertz CT molecular complexity index is 891. The van der Waals surface area contributed by atoms with Gasteiger partial charge in [0.25, 0.3) is 5.91 Å². The number of rotatable bonds is 2. The molecule has 1 saturated heterocycles. The SMILES string of the molecule is Cc1cccc(C(=O)N2CCC(c3nn4c(C)nnc4s3)CC2)c1. The van der Waals surface area contributed by atoms with E-state index in [0.29, 0.717) is 5.92 Å². The number of nitrogens with zero attached hydrogens (tertiary/aromatic N) is 5. The summed E-state index contributed by atoms with van der Waals surface area (Å²) in [6, 6.07) is 7.81. The van der Waals surface area contributed by atoms with Crippen LogP contribution in [0.15, 0.2) is 24.3 Å². The van der Waals surface area contributed by atoms with Gasteiger partial charge in [0.2, 0.25) is 4.96 Å². The molecular weight excluding hydrogens is 322 g/mol. The molecule has 0 spiro atoms. The van der Waals surface area contributed by atoms with Crippen molar-refractivity contribution in [2.45, 2.75) is 32.6 Å². The first-order valence-corrected chi connectivity index (χ1v) is 8.98. The van der Waals surface area contributed by atoms with Crippen molar-refractivity contribution in [3.8, 4) is 0 Å². The Morgan fingerprint density at radius 2 is 2.00 bits per heavy atom. The number of aryl methyl sites for hydroxylation is 2. The van der Waals surface area contributed by atoms with E-state index in [0.717, 1.165) is 52.9 Å². The van der Waals surface area contributed by atoms with Gasteiger partial charge in [0.15, 0.2) is 5.82 Å². The van der Waals surface area contributed by atoms with Crippen molar-refractivity contribution in [2.24, 2.45) is 0 Å². The third-order valence-electron chi connectivity index (χ3n) is 4.56. The number of hydrogen-bond acceptors (Lipinski definition) is 5. The molecule has 0 unspecified atom stereocenters. The molecule has 0 atom stereocenters. The highest BCUT2D eigenvalue weighted by Gasteiger charge is 2.27. The van der Waals surface area contributed by atoms with E-state index in [9.17, 15) is 4.79 Å². The van der Waals surface area contributed by atoms with Gasteiger partial charge in [-0.15, -0.1) is 10.2 Å². The van der Waals surface area contributed by atoms with Gasteiger partial charge in [0.1, 0.15) is 5.01 Å². The number of piperidine rings is 1. The molecule has 2 aromatic heterocycles. The molecule has 0 aliphatic carbocycles. The summed E-state index contributed by atoms with van der Waals surface area (Å²) in [6.45, 7) is 5.47. The van der Waals surface area contributed by atoms with Crippen LogP contribution in [0.25, 0.3) is 4.96 Å². The van der Waals surface area contributed by atoms with Gasteiger partial charge in [0.05, 0.1) is 0 Å². The van der Waals surface area contributed by atoms with E-state index in [1.807, 2.05) is 47.5 Å². The second-order valence-electron chi connectivity index (χ2n) is 6.32. The van der Waals surface area contributed by atoms with Crippen LogP contribution in [-0.2, 0) is 0 Å².